The molecule has 32 heavy (non-hydrogen) atoms. The lowest BCUT2D eigenvalue weighted by molar-refractivity contribution is -0.141. The number of aromatic nitrogens is 2. The van der Waals surface area contributed by atoms with Crippen molar-refractivity contribution in [3.8, 4) is 0 Å². The summed E-state index contributed by atoms with van der Waals surface area (Å²) < 4.78 is 56.9. The van der Waals surface area contributed by atoms with Crippen molar-refractivity contribution < 1.29 is 32.0 Å². The molecule has 0 unspecified atom stereocenters. The third-order valence-electron chi connectivity index (χ3n) is 5.50. The molecule has 1 aromatic heterocycles. The van der Waals surface area contributed by atoms with Crippen molar-refractivity contribution in [3.05, 3.63) is 58.8 Å². The maximum Gasteiger partial charge on any atom is 0.492 e. The maximum absolute atomic E-state index is 13.3. The largest absolute Gasteiger partial charge is 0.492 e. The van der Waals surface area contributed by atoms with E-state index in [1.165, 1.54) is 6.08 Å². The Kier molecular flexibility index (Phi) is 6.71. The first-order chi connectivity index (χ1) is 14.9. The molecular weight excluding hydrogens is 426 g/mol. The molecule has 2 N–H and O–H groups in total. The van der Waals surface area contributed by atoms with Gasteiger partial charge in [-0.1, -0.05) is 36.4 Å². The molecule has 0 spiro atoms. The first kappa shape index (κ1) is 23.9. The predicted molar refractivity (Wildman–Crippen MR) is 112 cm³/mol. The van der Waals surface area contributed by atoms with Gasteiger partial charge in [0.05, 0.1) is 17.4 Å². The van der Waals surface area contributed by atoms with Crippen LogP contribution >= 0.6 is 0 Å². The van der Waals surface area contributed by atoms with Crippen molar-refractivity contribution in [2.45, 2.75) is 51.7 Å². The molecule has 0 saturated carbocycles. The van der Waals surface area contributed by atoms with Crippen LogP contribution in [0.3, 0.4) is 0 Å². The van der Waals surface area contributed by atoms with Gasteiger partial charge in [-0.15, -0.1) is 0 Å². The lowest BCUT2D eigenvalue weighted by Gasteiger charge is -2.32. The van der Waals surface area contributed by atoms with E-state index in [1.54, 1.807) is 12.1 Å². The van der Waals surface area contributed by atoms with E-state index in [2.05, 4.69) is 10.4 Å². The number of amides is 1. The van der Waals surface area contributed by atoms with Crippen molar-refractivity contribution in [1.29, 1.82) is 0 Å². The van der Waals surface area contributed by atoms with Crippen LogP contribution in [0.4, 0.5) is 18.0 Å². The molecule has 1 amide bonds. The number of carbonyl (C=O) groups excluding carboxylic acids is 1. The number of hydrogen-bond donors (Lipinski definition) is 2. The minimum absolute atomic E-state index is 0.0577. The van der Waals surface area contributed by atoms with E-state index in [0.717, 1.165) is 11.8 Å². The average molecular weight is 451 g/mol. The Hall–Kier alpha value is -2.79. The number of nitrogens with zero attached hydrogens (tertiary/aromatic N) is 1. The number of alkyl carbamates (subject to hydrolysis) is 1. The maximum atomic E-state index is 13.3. The van der Waals surface area contributed by atoms with Crippen LogP contribution in [0.2, 0.25) is 0 Å². The number of ether oxygens (including phenoxy) is 1. The zero-order valence-corrected chi connectivity index (χ0v) is 18.2. The lowest BCUT2D eigenvalue weighted by atomic mass is 9.77. The van der Waals surface area contributed by atoms with Crippen LogP contribution in [0.1, 0.15) is 44.5 Å². The van der Waals surface area contributed by atoms with Gasteiger partial charge in [-0.3, -0.25) is 5.10 Å². The highest BCUT2D eigenvalue weighted by Gasteiger charge is 2.52. The smallest absolute Gasteiger partial charge is 0.445 e. The Morgan fingerprint density at radius 3 is 2.41 bits per heavy atom. The summed E-state index contributed by atoms with van der Waals surface area (Å²) in [5, 5.41) is 8.02. The molecule has 1 aliphatic heterocycles. The van der Waals surface area contributed by atoms with Gasteiger partial charge < -0.3 is 19.4 Å². The van der Waals surface area contributed by atoms with E-state index >= 15 is 0 Å². The van der Waals surface area contributed by atoms with Gasteiger partial charge in [-0.25, -0.2) is 4.79 Å². The van der Waals surface area contributed by atoms with Crippen molar-refractivity contribution in [2.75, 3.05) is 6.54 Å². The summed E-state index contributed by atoms with van der Waals surface area (Å²) in [5.41, 5.74) is -1.54. The van der Waals surface area contributed by atoms with Crippen LogP contribution in [0, 0.1) is 0 Å². The molecule has 1 aliphatic rings. The van der Waals surface area contributed by atoms with Crippen LogP contribution in [0.25, 0.3) is 6.08 Å². The molecule has 11 heteroatoms. The molecule has 2 heterocycles. The van der Waals surface area contributed by atoms with Gasteiger partial charge in [0.15, 0.2) is 0 Å². The second-order valence-corrected chi connectivity index (χ2v) is 8.42. The van der Waals surface area contributed by atoms with E-state index in [-0.39, 0.29) is 24.2 Å². The Morgan fingerprint density at radius 2 is 1.81 bits per heavy atom. The molecule has 0 bridgehead atoms. The third-order valence-corrected chi connectivity index (χ3v) is 5.50. The summed E-state index contributed by atoms with van der Waals surface area (Å²) in [4.78, 5) is 12.2. The minimum atomic E-state index is -4.62. The van der Waals surface area contributed by atoms with Gasteiger partial charge >= 0.3 is 19.4 Å². The van der Waals surface area contributed by atoms with E-state index in [1.807, 2.05) is 51.0 Å². The van der Waals surface area contributed by atoms with Crippen molar-refractivity contribution in [3.63, 3.8) is 0 Å². The van der Waals surface area contributed by atoms with E-state index < -0.39 is 36.3 Å². The fourth-order valence-corrected chi connectivity index (χ4v) is 2.98. The lowest BCUT2D eigenvalue weighted by Crippen LogP contribution is -2.41. The molecule has 1 aromatic carbocycles. The predicted octanol–water partition coefficient (Wildman–Crippen LogP) is 4.37. The normalized spacial score (nSPS) is 18.0. The number of alkyl halides is 3. The molecule has 7 nitrogen and oxygen atoms in total. The molecule has 172 valence electrons. The third kappa shape index (κ3) is 5.52. The number of carbonyl (C=O) groups is 1. The number of nitrogens with one attached hydrogen (secondary N) is 2. The summed E-state index contributed by atoms with van der Waals surface area (Å²) in [7, 11) is -0.967. The molecule has 2 aromatic rings. The molecular formula is C21H25BF3N3O4. The minimum Gasteiger partial charge on any atom is -0.445 e. The number of hydrogen-bond acceptors (Lipinski definition) is 5. The SMILES string of the molecule is CC1(C)OB(C(=Cc2cn[nH]c2C(F)(F)F)CNC(=O)OCc2ccccc2)OC1(C)C. The fraction of sp³-hybridized carbons (Fsp3) is 0.429. The Labute approximate surface area is 184 Å². The van der Waals surface area contributed by atoms with Crippen LogP contribution in [0.15, 0.2) is 42.0 Å². The Morgan fingerprint density at radius 1 is 1.19 bits per heavy atom. The van der Waals surface area contributed by atoms with Gasteiger partial charge in [-0.2, -0.15) is 18.3 Å². The molecule has 1 fully saturated rings. The van der Waals surface area contributed by atoms with Crippen LogP contribution in [-0.2, 0) is 26.8 Å². The molecule has 0 radical (unpaired) electrons. The number of aromatic amines is 1. The zero-order valence-electron chi connectivity index (χ0n) is 18.2. The van der Waals surface area contributed by atoms with E-state index in [9.17, 15) is 18.0 Å². The van der Waals surface area contributed by atoms with Gasteiger partial charge in [0.1, 0.15) is 12.3 Å². The van der Waals surface area contributed by atoms with Gasteiger partial charge in [0, 0.05) is 12.1 Å². The summed E-state index contributed by atoms with van der Waals surface area (Å²) in [5.74, 6) is 0. The number of H-pyrrole nitrogens is 1. The number of benzene rings is 1. The summed E-state index contributed by atoms with van der Waals surface area (Å²) in [6.07, 6.45) is -3.03. The zero-order chi connectivity index (χ0) is 23.6. The quantitative estimate of drug-likeness (QED) is 0.638. The van der Waals surface area contributed by atoms with Crippen molar-refractivity contribution >= 4 is 19.3 Å². The monoisotopic (exact) mass is 451 g/mol. The summed E-state index contributed by atoms with van der Waals surface area (Å²) in [6, 6.07) is 9.09. The van der Waals surface area contributed by atoms with Gasteiger partial charge in [-0.05, 0) is 38.7 Å². The van der Waals surface area contributed by atoms with Crippen LogP contribution in [-0.4, -0.2) is 41.2 Å². The highest BCUT2D eigenvalue weighted by Crippen LogP contribution is 2.39. The summed E-state index contributed by atoms with van der Waals surface area (Å²) >= 11 is 0. The van der Waals surface area contributed by atoms with E-state index in [0.29, 0.717) is 0 Å². The van der Waals surface area contributed by atoms with Crippen LogP contribution < -0.4 is 5.32 Å². The molecule has 3 rings (SSSR count). The van der Waals surface area contributed by atoms with Crippen LogP contribution in [0.5, 0.6) is 0 Å². The second-order valence-electron chi connectivity index (χ2n) is 8.42. The van der Waals surface area contributed by atoms with Crippen molar-refractivity contribution in [2.24, 2.45) is 0 Å². The Balaban J connectivity index is 1.77. The topological polar surface area (TPSA) is 85.5 Å². The standard InChI is InChI=1S/C21H25BF3N3O4/c1-19(2)20(3,4)32-22(31-19)16(10-15-11-27-28-17(15)21(23,24)25)12-26-18(29)30-13-14-8-6-5-7-9-14/h5-11H,12-13H2,1-4H3,(H,26,29)(H,27,28). The van der Waals surface area contributed by atoms with Gasteiger partial charge in [0.2, 0.25) is 0 Å². The van der Waals surface area contributed by atoms with Crippen molar-refractivity contribution in [1.82, 2.24) is 15.5 Å². The molecule has 1 saturated heterocycles. The first-order valence-corrected chi connectivity index (χ1v) is 10.0. The molecule has 0 aliphatic carbocycles. The molecule has 0 atom stereocenters. The number of halogens is 3. The average Bonchev–Trinajstić information content (AvgIpc) is 3.25. The summed E-state index contributed by atoms with van der Waals surface area (Å²) in [6.45, 7) is 7.21. The van der Waals surface area contributed by atoms with Gasteiger partial charge in [0.25, 0.3) is 0 Å². The number of rotatable bonds is 6. The first-order valence-electron chi connectivity index (χ1n) is 10.0. The fourth-order valence-electron chi connectivity index (χ4n) is 2.98. The highest BCUT2D eigenvalue weighted by atomic mass is 19.4. The highest BCUT2D eigenvalue weighted by molar-refractivity contribution is 6.56. The Bertz CT molecular complexity index is 958. The van der Waals surface area contributed by atoms with E-state index in [4.69, 9.17) is 14.0 Å². The second kappa shape index (κ2) is 8.99.